The van der Waals surface area contributed by atoms with Crippen LogP contribution >= 0.6 is 11.6 Å². The first-order valence-corrected chi connectivity index (χ1v) is 10.9. The van der Waals surface area contributed by atoms with Crippen LogP contribution in [-0.4, -0.2) is 13.0 Å². The lowest BCUT2D eigenvalue weighted by Crippen LogP contribution is -2.16. The van der Waals surface area contributed by atoms with Gasteiger partial charge >= 0.3 is 0 Å². The molecule has 31 heavy (non-hydrogen) atoms. The van der Waals surface area contributed by atoms with Crippen LogP contribution in [0.4, 0.5) is 11.4 Å². The number of rotatable bonds is 7. The van der Waals surface area contributed by atoms with Crippen molar-refractivity contribution in [3.05, 3.63) is 94.5 Å². The summed E-state index contributed by atoms with van der Waals surface area (Å²) in [5, 5.41) is 10.4. The predicted molar refractivity (Wildman–Crippen MR) is 130 cm³/mol. The molecule has 4 rings (SSSR count). The summed E-state index contributed by atoms with van der Waals surface area (Å²) in [4.78, 5) is 12.9. The zero-order chi connectivity index (χ0) is 21.8. The fourth-order valence-corrected chi connectivity index (χ4v) is 4.16. The van der Waals surface area contributed by atoms with Gasteiger partial charge in [0.1, 0.15) is 0 Å². The molecule has 5 heteroatoms. The Labute approximate surface area is 188 Å². The van der Waals surface area contributed by atoms with Gasteiger partial charge in [0, 0.05) is 22.3 Å². The zero-order valence-corrected chi connectivity index (χ0v) is 18.5. The Hall–Kier alpha value is -3.08. The van der Waals surface area contributed by atoms with Crippen molar-refractivity contribution in [1.29, 1.82) is 0 Å². The molecule has 0 fully saturated rings. The highest BCUT2D eigenvalue weighted by atomic mass is 35.5. The number of nitrogens with one attached hydrogen (secondary N) is 3. The lowest BCUT2D eigenvalue weighted by molar-refractivity contribution is -0.110. The van der Waals surface area contributed by atoms with E-state index in [0.29, 0.717) is 16.6 Å². The Balaban J connectivity index is 1.75. The van der Waals surface area contributed by atoms with E-state index in [9.17, 15) is 4.79 Å². The van der Waals surface area contributed by atoms with Crippen molar-refractivity contribution in [2.24, 2.45) is 0 Å². The van der Waals surface area contributed by atoms with E-state index in [1.54, 1.807) is 6.07 Å². The van der Waals surface area contributed by atoms with E-state index < -0.39 is 0 Å². The maximum atomic E-state index is 12.9. The van der Waals surface area contributed by atoms with Crippen LogP contribution < -0.4 is 16.0 Å². The van der Waals surface area contributed by atoms with Crippen LogP contribution in [0.5, 0.6) is 0 Å². The Bertz CT molecular complexity index is 1110. The molecule has 4 nitrogen and oxygen atoms in total. The van der Waals surface area contributed by atoms with Crippen LogP contribution in [-0.2, 0) is 4.79 Å². The van der Waals surface area contributed by atoms with E-state index >= 15 is 0 Å². The Morgan fingerprint density at radius 3 is 2.45 bits per heavy atom. The smallest absolute Gasteiger partial charge is 0.258 e. The number of hydrogen-bond acceptors (Lipinski definition) is 3. The maximum Gasteiger partial charge on any atom is 0.258 e. The molecule has 1 aliphatic heterocycles. The molecule has 0 radical (unpaired) electrons. The molecule has 3 N–H and O–H groups in total. The molecule has 0 aliphatic carbocycles. The topological polar surface area (TPSA) is 53.2 Å². The van der Waals surface area contributed by atoms with Crippen LogP contribution in [0.1, 0.15) is 42.5 Å². The molecular formula is C26H26ClN3O. The van der Waals surface area contributed by atoms with E-state index in [2.05, 4.69) is 47.1 Å². The molecule has 0 saturated heterocycles. The van der Waals surface area contributed by atoms with Crippen LogP contribution in [0, 0.1) is 0 Å². The number of benzene rings is 3. The number of carbonyl (C=O) groups excluding carboxylic acids is 1. The van der Waals surface area contributed by atoms with Gasteiger partial charge in [0.15, 0.2) is 0 Å². The Morgan fingerprint density at radius 1 is 1.03 bits per heavy atom. The highest BCUT2D eigenvalue weighted by Gasteiger charge is 2.28. The summed E-state index contributed by atoms with van der Waals surface area (Å²) in [6.07, 6.45) is 2.20. The molecule has 1 atom stereocenters. The van der Waals surface area contributed by atoms with Gasteiger partial charge < -0.3 is 16.0 Å². The van der Waals surface area contributed by atoms with Crippen molar-refractivity contribution in [3.63, 3.8) is 0 Å². The second-order valence-corrected chi connectivity index (χ2v) is 8.07. The zero-order valence-electron chi connectivity index (χ0n) is 17.7. The van der Waals surface area contributed by atoms with Crippen LogP contribution in [0.15, 0.2) is 72.8 Å². The molecule has 0 aromatic heterocycles. The van der Waals surface area contributed by atoms with Crippen molar-refractivity contribution in [2.45, 2.75) is 25.8 Å². The average Bonchev–Trinajstić information content (AvgIpc) is 3.11. The summed E-state index contributed by atoms with van der Waals surface area (Å²) in [5.74, 6) is -0.140. The molecule has 0 bridgehead atoms. The van der Waals surface area contributed by atoms with Crippen LogP contribution in [0.25, 0.3) is 11.3 Å². The molecule has 0 spiro atoms. The Kier molecular flexibility index (Phi) is 6.40. The average molecular weight is 432 g/mol. The largest absolute Gasteiger partial charge is 0.354 e. The van der Waals surface area contributed by atoms with E-state index in [1.165, 1.54) is 5.56 Å². The molecule has 158 valence electrons. The highest BCUT2D eigenvalue weighted by Crippen LogP contribution is 2.38. The molecule has 1 unspecified atom stereocenters. The predicted octanol–water partition coefficient (Wildman–Crippen LogP) is 6.33. The second kappa shape index (κ2) is 9.38. The third-order valence-corrected chi connectivity index (χ3v) is 5.78. The minimum Gasteiger partial charge on any atom is -0.354 e. The third-order valence-electron chi connectivity index (χ3n) is 5.55. The second-order valence-electron chi connectivity index (χ2n) is 7.64. The van der Waals surface area contributed by atoms with Crippen LogP contribution in [0.2, 0.25) is 5.02 Å². The lowest BCUT2D eigenvalue weighted by Gasteiger charge is -2.18. The van der Waals surface area contributed by atoms with Gasteiger partial charge in [-0.05, 0) is 48.9 Å². The first-order valence-electron chi connectivity index (χ1n) is 10.6. The normalized spacial score (nSPS) is 15.3. The van der Waals surface area contributed by atoms with Crippen LogP contribution in [0.3, 0.4) is 0 Å². The van der Waals surface area contributed by atoms with Gasteiger partial charge in [-0.25, -0.2) is 0 Å². The Morgan fingerprint density at radius 2 is 1.77 bits per heavy atom. The standard InChI is InChI=1S/C26H26ClN3O/c1-3-7-22(28-2)17-10-13-20(14-11-17)29-25(18-8-5-4-6-9-18)24-21-15-12-19(27)16-23(21)30-26(24)31/h4-6,8-16,22,28-29H,3,7H2,1-2H3,(H,30,31)/b25-24-. The van der Waals surface area contributed by atoms with Gasteiger partial charge in [-0.2, -0.15) is 0 Å². The van der Waals surface area contributed by atoms with E-state index in [4.69, 9.17) is 11.6 Å². The van der Waals surface area contributed by atoms with Gasteiger partial charge in [-0.3, -0.25) is 4.79 Å². The summed E-state index contributed by atoms with van der Waals surface area (Å²) < 4.78 is 0. The monoisotopic (exact) mass is 431 g/mol. The van der Waals surface area contributed by atoms with Gasteiger partial charge in [0.05, 0.1) is 17.0 Å². The molecule has 1 amide bonds. The number of carbonyl (C=O) groups is 1. The first-order chi connectivity index (χ1) is 15.1. The number of halogens is 1. The quantitative estimate of drug-likeness (QED) is 0.383. The molecule has 1 aliphatic rings. The van der Waals surface area contributed by atoms with Gasteiger partial charge in [-0.1, -0.05) is 73.5 Å². The number of fused-ring (bicyclic) bond motifs is 1. The van der Waals surface area contributed by atoms with Gasteiger partial charge in [0.2, 0.25) is 0 Å². The number of amides is 1. The minimum absolute atomic E-state index is 0.140. The van der Waals surface area contributed by atoms with E-state index in [0.717, 1.165) is 41.0 Å². The summed E-state index contributed by atoms with van der Waals surface area (Å²) in [7, 11) is 1.99. The highest BCUT2D eigenvalue weighted by molar-refractivity contribution is 6.38. The van der Waals surface area contributed by atoms with Crippen molar-refractivity contribution in [2.75, 3.05) is 17.7 Å². The molecule has 3 aromatic rings. The fraction of sp³-hybridized carbons (Fsp3) is 0.192. The van der Waals surface area contributed by atoms with Gasteiger partial charge in [-0.15, -0.1) is 0 Å². The number of hydrogen-bond donors (Lipinski definition) is 3. The van der Waals surface area contributed by atoms with E-state index in [-0.39, 0.29) is 5.91 Å². The summed E-state index contributed by atoms with van der Waals surface area (Å²) in [6, 6.07) is 24.1. The van der Waals surface area contributed by atoms with E-state index in [1.807, 2.05) is 49.5 Å². The fourth-order valence-electron chi connectivity index (χ4n) is 3.99. The van der Waals surface area contributed by atoms with Crippen molar-refractivity contribution in [3.8, 4) is 0 Å². The third kappa shape index (κ3) is 4.50. The number of anilines is 2. The molecule has 3 aromatic carbocycles. The molecule has 0 saturated carbocycles. The maximum absolute atomic E-state index is 12.9. The summed E-state index contributed by atoms with van der Waals surface area (Å²) >= 11 is 6.13. The summed E-state index contributed by atoms with van der Waals surface area (Å²) in [5.41, 5.74) is 6.08. The van der Waals surface area contributed by atoms with Crippen molar-refractivity contribution < 1.29 is 4.79 Å². The SMILES string of the molecule is CCCC(NC)c1ccc(N/C(=C2\C(=O)Nc3cc(Cl)ccc32)c2ccccc2)cc1. The van der Waals surface area contributed by atoms with Gasteiger partial charge in [0.25, 0.3) is 5.91 Å². The minimum atomic E-state index is -0.140. The molecule has 1 heterocycles. The lowest BCUT2D eigenvalue weighted by atomic mass is 9.99. The first kappa shape index (κ1) is 21.2. The van der Waals surface area contributed by atoms with Crippen molar-refractivity contribution in [1.82, 2.24) is 5.32 Å². The van der Waals surface area contributed by atoms with Crippen molar-refractivity contribution >= 4 is 40.2 Å². The molecular weight excluding hydrogens is 406 g/mol. The summed E-state index contributed by atoms with van der Waals surface area (Å²) in [6.45, 7) is 2.19.